The van der Waals surface area contributed by atoms with Gasteiger partial charge in [-0.25, -0.2) is 8.98 Å². The van der Waals surface area contributed by atoms with Gasteiger partial charge in [-0.3, -0.25) is 4.55 Å². The zero-order valence-corrected chi connectivity index (χ0v) is 14.3. The van der Waals surface area contributed by atoms with E-state index in [1.165, 1.54) is 18.2 Å². The summed E-state index contributed by atoms with van der Waals surface area (Å²) in [6.45, 7) is 1.34. The fourth-order valence-corrected chi connectivity index (χ4v) is 3.17. The molecule has 0 saturated carbocycles. The zero-order valence-electron chi connectivity index (χ0n) is 13.4. The molecule has 0 amide bonds. The fourth-order valence-electron chi connectivity index (χ4n) is 2.65. The van der Waals surface area contributed by atoms with E-state index in [2.05, 4.69) is 4.18 Å². The topological polar surface area (TPSA) is 153 Å². The number of hydrogen-bond acceptors (Lipinski definition) is 9. The van der Waals surface area contributed by atoms with Gasteiger partial charge < -0.3 is 24.1 Å². The molecule has 1 aliphatic heterocycles. The highest BCUT2D eigenvalue weighted by atomic mass is 32.3. The van der Waals surface area contributed by atoms with Gasteiger partial charge in [-0.1, -0.05) is 0 Å². The van der Waals surface area contributed by atoms with Crippen LogP contribution in [0, 0.1) is 6.92 Å². The smallest absolute Gasteiger partial charge is 0.397 e. The number of ether oxygens (including phenoxy) is 2. The first-order valence-electron chi connectivity index (χ1n) is 7.48. The van der Waals surface area contributed by atoms with Gasteiger partial charge in [-0.2, -0.15) is 8.42 Å². The van der Waals surface area contributed by atoms with Crippen molar-refractivity contribution in [2.75, 3.05) is 6.61 Å². The van der Waals surface area contributed by atoms with Crippen molar-refractivity contribution in [1.82, 2.24) is 0 Å². The van der Waals surface area contributed by atoms with Gasteiger partial charge >= 0.3 is 16.0 Å². The molecular formula is C15H16O10S. The van der Waals surface area contributed by atoms with Gasteiger partial charge in [0.25, 0.3) is 0 Å². The van der Waals surface area contributed by atoms with Crippen LogP contribution in [0.2, 0.25) is 0 Å². The molecule has 1 aromatic carbocycles. The standard InChI is InChI=1S/C15H16O10S/c1-7-4-12(17)24-11-5-8(2-3-9(7)11)23-15-13(18)14(10(16)6-22-15)25-26(19,20)21/h2-5,10,13-16,18H,6H2,1H3,(H,19,20,21)/t10-,13-,14+,15+/m1/s1. The van der Waals surface area contributed by atoms with Crippen molar-refractivity contribution in [1.29, 1.82) is 0 Å². The summed E-state index contributed by atoms with van der Waals surface area (Å²) < 4.78 is 50.4. The normalized spacial score (nSPS) is 26.8. The van der Waals surface area contributed by atoms with Crippen LogP contribution in [0.15, 0.2) is 33.5 Å². The third kappa shape index (κ3) is 4.03. The summed E-state index contributed by atoms with van der Waals surface area (Å²) in [4.78, 5) is 11.5. The lowest BCUT2D eigenvalue weighted by molar-refractivity contribution is -0.236. The second-order valence-electron chi connectivity index (χ2n) is 5.77. The number of fused-ring (bicyclic) bond motifs is 1. The van der Waals surface area contributed by atoms with Gasteiger partial charge in [0, 0.05) is 17.5 Å². The van der Waals surface area contributed by atoms with Crippen LogP contribution in [0.25, 0.3) is 11.0 Å². The van der Waals surface area contributed by atoms with E-state index in [4.69, 9.17) is 18.4 Å². The van der Waals surface area contributed by atoms with Crippen molar-refractivity contribution in [3.8, 4) is 5.75 Å². The zero-order chi connectivity index (χ0) is 19.1. The molecule has 2 heterocycles. The molecule has 0 unspecified atom stereocenters. The SMILES string of the molecule is Cc1cc(=O)oc2cc(O[C@@H]3OC[C@@H](O)[C@H](OS(=O)(=O)O)[C@H]3O)ccc12. The van der Waals surface area contributed by atoms with E-state index < -0.39 is 47.2 Å². The van der Waals surface area contributed by atoms with Crippen LogP contribution in [0.1, 0.15) is 5.56 Å². The Morgan fingerprint density at radius 2 is 1.96 bits per heavy atom. The van der Waals surface area contributed by atoms with E-state index in [-0.39, 0.29) is 11.3 Å². The maximum atomic E-state index is 11.5. The quantitative estimate of drug-likeness (QED) is 0.472. The summed E-state index contributed by atoms with van der Waals surface area (Å²) in [6.07, 6.45) is -6.28. The van der Waals surface area contributed by atoms with Crippen LogP contribution in [-0.2, 0) is 19.3 Å². The molecule has 4 atom stereocenters. The van der Waals surface area contributed by atoms with Crippen LogP contribution in [0.3, 0.4) is 0 Å². The molecule has 10 nitrogen and oxygen atoms in total. The number of benzene rings is 1. The van der Waals surface area contributed by atoms with E-state index in [9.17, 15) is 23.4 Å². The van der Waals surface area contributed by atoms with Gasteiger partial charge in [0.2, 0.25) is 6.29 Å². The minimum atomic E-state index is -4.91. The largest absolute Gasteiger partial charge is 0.462 e. The van der Waals surface area contributed by atoms with Crippen molar-refractivity contribution in [3.63, 3.8) is 0 Å². The Bertz CT molecular complexity index is 966. The Hall–Kier alpha value is -2.02. The Balaban J connectivity index is 1.83. The lowest BCUT2D eigenvalue weighted by Crippen LogP contribution is -2.56. The number of rotatable bonds is 4. The summed E-state index contributed by atoms with van der Waals surface area (Å²) in [6, 6.07) is 5.92. The first-order valence-corrected chi connectivity index (χ1v) is 8.85. The van der Waals surface area contributed by atoms with E-state index >= 15 is 0 Å². The molecule has 142 valence electrons. The maximum Gasteiger partial charge on any atom is 0.397 e. The lowest BCUT2D eigenvalue weighted by atomic mass is 10.1. The molecule has 3 rings (SSSR count). The molecule has 2 aromatic rings. The molecule has 1 saturated heterocycles. The first-order chi connectivity index (χ1) is 12.1. The third-order valence-corrected chi connectivity index (χ3v) is 4.30. The van der Waals surface area contributed by atoms with Crippen LogP contribution < -0.4 is 10.4 Å². The van der Waals surface area contributed by atoms with Crippen molar-refractivity contribution in [3.05, 3.63) is 40.2 Å². The fraction of sp³-hybridized carbons (Fsp3) is 0.400. The predicted octanol–water partition coefficient (Wildman–Crippen LogP) is -0.254. The van der Waals surface area contributed by atoms with Gasteiger partial charge in [-0.05, 0) is 24.6 Å². The number of aryl methyl sites for hydroxylation is 1. The Labute approximate surface area is 147 Å². The molecule has 0 bridgehead atoms. The van der Waals surface area contributed by atoms with E-state index in [0.717, 1.165) is 0 Å². The summed E-state index contributed by atoms with van der Waals surface area (Å²) in [5.41, 5.74) is 0.427. The van der Waals surface area contributed by atoms with Gasteiger partial charge in [-0.15, -0.1) is 0 Å². The van der Waals surface area contributed by atoms with E-state index in [1.807, 2.05) is 0 Å². The highest BCUT2D eigenvalue weighted by Gasteiger charge is 2.43. The second kappa shape index (κ2) is 6.95. The van der Waals surface area contributed by atoms with Crippen molar-refractivity contribution < 1.29 is 41.3 Å². The van der Waals surface area contributed by atoms with Crippen LogP contribution in [0.4, 0.5) is 0 Å². The molecule has 26 heavy (non-hydrogen) atoms. The first kappa shape index (κ1) is 18.8. The summed E-state index contributed by atoms with van der Waals surface area (Å²) >= 11 is 0. The molecule has 3 N–H and O–H groups in total. The van der Waals surface area contributed by atoms with Crippen LogP contribution in [0.5, 0.6) is 5.75 Å². The minimum absolute atomic E-state index is 0.164. The van der Waals surface area contributed by atoms with E-state index in [0.29, 0.717) is 10.9 Å². The molecule has 1 fully saturated rings. The van der Waals surface area contributed by atoms with Crippen LogP contribution in [-0.4, -0.2) is 54.4 Å². The minimum Gasteiger partial charge on any atom is -0.462 e. The van der Waals surface area contributed by atoms with E-state index in [1.54, 1.807) is 13.0 Å². The molecule has 0 spiro atoms. The monoisotopic (exact) mass is 388 g/mol. The van der Waals surface area contributed by atoms with Crippen molar-refractivity contribution in [2.24, 2.45) is 0 Å². The molecule has 11 heteroatoms. The Morgan fingerprint density at radius 1 is 1.23 bits per heavy atom. The van der Waals surface area contributed by atoms with Crippen molar-refractivity contribution >= 4 is 21.4 Å². The molecule has 0 aliphatic carbocycles. The van der Waals surface area contributed by atoms with Gasteiger partial charge in [0.05, 0.1) is 6.61 Å². The lowest BCUT2D eigenvalue weighted by Gasteiger charge is -2.36. The second-order valence-corrected chi connectivity index (χ2v) is 6.82. The maximum absolute atomic E-state index is 11.5. The third-order valence-electron chi connectivity index (χ3n) is 3.83. The van der Waals surface area contributed by atoms with Gasteiger partial charge in [0.15, 0.2) is 0 Å². The summed E-state index contributed by atoms with van der Waals surface area (Å²) in [5, 5.41) is 20.5. The highest BCUT2D eigenvalue weighted by Crippen LogP contribution is 2.26. The average molecular weight is 388 g/mol. The van der Waals surface area contributed by atoms with Crippen LogP contribution >= 0.6 is 0 Å². The summed E-state index contributed by atoms with van der Waals surface area (Å²) in [5.74, 6) is 0.164. The van der Waals surface area contributed by atoms with Gasteiger partial charge in [0.1, 0.15) is 29.6 Å². The molecule has 1 aromatic heterocycles. The number of aliphatic hydroxyl groups is 2. The predicted molar refractivity (Wildman–Crippen MR) is 86.0 cm³/mol. The summed E-state index contributed by atoms with van der Waals surface area (Å²) in [7, 11) is -4.91. The Kier molecular flexibility index (Phi) is 5.01. The molecule has 1 aliphatic rings. The van der Waals surface area contributed by atoms with Crippen molar-refractivity contribution in [2.45, 2.75) is 31.5 Å². The average Bonchev–Trinajstić information content (AvgIpc) is 2.53. The number of aliphatic hydroxyl groups excluding tert-OH is 2. The molecule has 0 radical (unpaired) electrons. The Morgan fingerprint density at radius 3 is 2.65 bits per heavy atom. The highest BCUT2D eigenvalue weighted by molar-refractivity contribution is 7.80. The molecular weight excluding hydrogens is 372 g/mol. The number of hydrogen-bond donors (Lipinski definition) is 3.